The summed E-state index contributed by atoms with van der Waals surface area (Å²) in [5.41, 5.74) is 0.892. The van der Waals surface area contributed by atoms with Crippen molar-refractivity contribution < 1.29 is 13.2 Å². The Hall–Kier alpha value is -2.19. The fourth-order valence-electron chi connectivity index (χ4n) is 3.98. The van der Waals surface area contributed by atoms with E-state index < -0.39 is 9.84 Å². The molecule has 2 aromatic rings. The maximum atomic E-state index is 12.8. The number of carbonyl (C=O) groups is 1. The van der Waals surface area contributed by atoms with Gasteiger partial charge in [0, 0.05) is 26.8 Å². The van der Waals surface area contributed by atoms with Gasteiger partial charge in [-0.25, -0.2) is 18.4 Å². The number of amides is 1. The summed E-state index contributed by atoms with van der Waals surface area (Å²) in [7, 11) is 0.341. The van der Waals surface area contributed by atoms with Crippen molar-refractivity contribution in [2.75, 3.05) is 30.6 Å². The summed E-state index contributed by atoms with van der Waals surface area (Å²) in [5.74, 6) is 1.28. The molecule has 0 radical (unpaired) electrons. The summed E-state index contributed by atoms with van der Waals surface area (Å²) in [5, 5.41) is 3.02. The van der Waals surface area contributed by atoms with Crippen LogP contribution in [0.1, 0.15) is 43.6 Å². The van der Waals surface area contributed by atoms with Crippen LogP contribution in [0.2, 0.25) is 5.02 Å². The summed E-state index contributed by atoms with van der Waals surface area (Å²) in [6.07, 6.45) is 8.91. The summed E-state index contributed by atoms with van der Waals surface area (Å²) in [6, 6.07) is 5.02. The summed E-state index contributed by atoms with van der Waals surface area (Å²) in [4.78, 5) is 23.2. The second kappa shape index (κ2) is 9.31. The molecular formula is C21H27ClN4O3S. The van der Waals surface area contributed by atoms with Crippen molar-refractivity contribution in [2.24, 2.45) is 5.92 Å². The number of carbonyl (C=O) groups excluding carboxylic acids is 1. The Morgan fingerprint density at radius 3 is 2.47 bits per heavy atom. The van der Waals surface area contributed by atoms with Crippen LogP contribution < -0.4 is 10.2 Å². The van der Waals surface area contributed by atoms with Crippen molar-refractivity contribution in [3.8, 4) is 0 Å². The van der Waals surface area contributed by atoms with Gasteiger partial charge in [0.2, 0.25) is 5.91 Å². The van der Waals surface area contributed by atoms with Crippen LogP contribution in [0.25, 0.3) is 0 Å². The summed E-state index contributed by atoms with van der Waals surface area (Å²) >= 11 is 6.27. The van der Waals surface area contributed by atoms with Crippen LogP contribution >= 0.6 is 11.6 Å². The second-order valence-corrected chi connectivity index (χ2v) is 10.4. The molecule has 1 N–H and O–H groups in total. The fraction of sp³-hybridized carbons (Fsp3) is 0.476. The first-order valence-electron chi connectivity index (χ1n) is 9.94. The lowest BCUT2D eigenvalue weighted by molar-refractivity contribution is -0.116. The second-order valence-electron chi connectivity index (χ2n) is 8.02. The third-order valence-electron chi connectivity index (χ3n) is 5.52. The number of halogens is 1. The molecule has 1 atom stereocenters. The molecule has 162 valence electrons. The normalized spacial score (nSPS) is 15.7. The lowest BCUT2D eigenvalue weighted by Crippen LogP contribution is -2.21. The lowest BCUT2D eigenvalue weighted by atomic mass is 9.82. The van der Waals surface area contributed by atoms with Gasteiger partial charge in [-0.15, -0.1) is 0 Å². The van der Waals surface area contributed by atoms with Gasteiger partial charge in [0.15, 0.2) is 15.7 Å². The number of nitrogens with zero attached hydrogens (tertiary/aromatic N) is 3. The Labute approximate surface area is 182 Å². The van der Waals surface area contributed by atoms with Crippen LogP contribution in [0.4, 0.5) is 11.6 Å². The summed E-state index contributed by atoms with van der Waals surface area (Å²) < 4.78 is 23.7. The molecule has 1 amide bonds. The lowest BCUT2D eigenvalue weighted by Gasteiger charge is -2.24. The minimum Gasteiger partial charge on any atom is -0.361 e. The molecule has 7 nitrogen and oxygen atoms in total. The zero-order chi connectivity index (χ0) is 21.9. The molecule has 1 unspecified atom stereocenters. The molecule has 0 saturated heterocycles. The molecule has 9 heteroatoms. The van der Waals surface area contributed by atoms with Crippen molar-refractivity contribution in [3.63, 3.8) is 0 Å². The number of hydrogen-bond donors (Lipinski definition) is 1. The van der Waals surface area contributed by atoms with Crippen molar-refractivity contribution in [2.45, 2.75) is 42.9 Å². The molecule has 1 aromatic carbocycles. The Kier molecular flexibility index (Phi) is 6.98. The van der Waals surface area contributed by atoms with E-state index in [0.717, 1.165) is 37.5 Å². The third kappa shape index (κ3) is 5.49. The van der Waals surface area contributed by atoms with E-state index in [2.05, 4.69) is 15.3 Å². The smallest absolute Gasteiger partial charge is 0.226 e. The monoisotopic (exact) mass is 450 g/mol. The number of benzene rings is 1. The van der Waals surface area contributed by atoms with Gasteiger partial charge in [-0.05, 0) is 42.4 Å². The van der Waals surface area contributed by atoms with Crippen molar-refractivity contribution in [1.82, 2.24) is 9.97 Å². The highest BCUT2D eigenvalue weighted by molar-refractivity contribution is 7.90. The van der Waals surface area contributed by atoms with Gasteiger partial charge in [0.25, 0.3) is 0 Å². The number of anilines is 2. The molecule has 1 aliphatic rings. The number of rotatable bonds is 7. The largest absolute Gasteiger partial charge is 0.361 e. The molecule has 1 heterocycles. The average molecular weight is 451 g/mol. The van der Waals surface area contributed by atoms with Crippen LogP contribution in [0.3, 0.4) is 0 Å². The Bertz CT molecular complexity index is 1000. The minimum absolute atomic E-state index is 0.0346. The number of aromatic nitrogens is 2. The molecule has 30 heavy (non-hydrogen) atoms. The third-order valence-corrected chi connectivity index (χ3v) is 7.10. The first-order chi connectivity index (χ1) is 14.1. The quantitative estimate of drug-likeness (QED) is 0.687. The number of hydrogen-bond acceptors (Lipinski definition) is 6. The van der Waals surface area contributed by atoms with E-state index in [4.69, 9.17) is 11.6 Å². The van der Waals surface area contributed by atoms with Gasteiger partial charge in [-0.2, -0.15) is 0 Å². The fourth-order valence-corrected chi connectivity index (χ4v) is 5.31. The van der Waals surface area contributed by atoms with Crippen LogP contribution in [0.5, 0.6) is 0 Å². The van der Waals surface area contributed by atoms with Crippen molar-refractivity contribution in [1.29, 1.82) is 0 Å². The highest BCUT2D eigenvalue weighted by Crippen LogP contribution is 2.40. The highest BCUT2D eigenvalue weighted by Gasteiger charge is 2.29. The van der Waals surface area contributed by atoms with Gasteiger partial charge < -0.3 is 10.2 Å². The minimum atomic E-state index is -3.40. The van der Waals surface area contributed by atoms with Gasteiger partial charge in [-0.1, -0.05) is 30.5 Å². The molecule has 1 saturated carbocycles. The van der Waals surface area contributed by atoms with Crippen LogP contribution in [-0.4, -0.2) is 44.6 Å². The SMILES string of the molecule is CN(C)c1cnc(NC(=O)CC(c2ccc(S(C)(=O)=O)c(Cl)c2)C2CCCC2)cn1. The van der Waals surface area contributed by atoms with E-state index in [1.54, 1.807) is 18.3 Å². The van der Waals surface area contributed by atoms with Gasteiger partial charge in [0.1, 0.15) is 5.82 Å². The molecular weight excluding hydrogens is 424 g/mol. The van der Waals surface area contributed by atoms with Gasteiger partial charge in [0.05, 0.1) is 22.3 Å². The first kappa shape index (κ1) is 22.5. The van der Waals surface area contributed by atoms with E-state index in [-0.39, 0.29) is 28.2 Å². The topological polar surface area (TPSA) is 92.3 Å². The number of sulfone groups is 1. The van der Waals surface area contributed by atoms with Crippen LogP contribution in [-0.2, 0) is 14.6 Å². The predicted octanol–water partition coefficient (Wildman–Crippen LogP) is 3.90. The zero-order valence-corrected chi connectivity index (χ0v) is 19.0. The maximum absolute atomic E-state index is 12.8. The Balaban J connectivity index is 1.79. The average Bonchev–Trinajstić information content (AvgIpc) is 3.20. The summed E-state index contributed by atoms with van der Waals surface area (Å²) in [6.45, 7) is 0. The van der Waals surface area contributed by atoms with Crippen LogP contribution in [0.15, 0.2) is 35.5 Å². The van der Waals surface area contributed by atoms with E-state index in [1.807, 2.05) is 19.0 Å². The molecule has 0 aliphatic heterocycles. The van der Waals surface area contributed by atoms with Crippen LogP contribution in [0, 0.1) is 5.92 Å². The first-order valence-corrected chi connectivity index (χ1v) is 12.2. The molecule has 3 rings (SSSR count). The standard InChI is InChI=1S/C21H27ClN4O3S/c1-26(2)20-13-23-19(12-24-20)25-21(27)11-16(14-6-4-5-7-14)15-8-9-18(17(22)10-15)30(3,28)29/h8-10,12-14,16H,4-7,11H2,1-3H3,(H,23,25,27). The Morgan fingerprint density at radius 1 is 1.23 bits per heavy atom. The number of nitrogens with one attached hydrogen (secondary N) is 1. The molecule has 0 spiro atoms. The van der Waals surface area contributed by atoms with Crippen molar-refractivity contribution >= 4 is 39.0 Å². The van der Waals surface area contributed by atoms with Crippen molar-refractivity contribution in [3.05, 3.63) is 41.2 Å². The molecule has 1 aliphatic carbocycles. The van der Waals surface area contributed by atoms with E-state index in [9.17, 15) is 13.2 Å². The molecule has 0 bridgehead atoms. The predicted molar refractivity (Wildman–Crippen MR) is 119 cm³/mol. The molecule has 1 aromatic heterocycles. The van der Waals surface area contributed by atoms with Gasteiger partial charge >= 0.3 is 0 Å². The van der Waals surface area contributed by atoms with E-state index in [0.29, 0.717) is 17.6 Å². The Morgan fingerprint density at radius 2 is 1.93 bits per heavy atom. The highest BCUT2D eigenvalue weighted by atomic mass is 35.5. The van der Waals surface area contributed by atoms with Gasteiger partial charge in [-0.3, -0.25) is 4.79 Å². The van der Waals surface area contributed by atoms with E-state index >= 15 is 0 Å². The maximum Gasteiger partial charge on any atom is 0.226 e. The zero-order valence-electron chi connectivity index (χ0n) is 17.4. The van der Waals surface area contributed by atoms with E-state index in [1.165, 1.54) is 12.3 Å². The molecule has 1 fully saturated rings.